The topological polar surface area (TPSA) is 60.2 Å². The summed E-state index contributed by atoms with van der Waals surface area (Å²) in [5.74, 6) is 0.702. The first kappa shape index (κ1) is 20.9. The second-order valence-corrected chi connectivity index (χ2v) is 8.21. The molecule has 1 atom stereocenters. The van der Waals surface area contributed by atoms with Gasteiger partial charge in [-0.15, -0.1) is 5.10 Å². The van der Waals surface area contributed by atoms with Crippen LogP contribution in [0.25, 0.3) is 0 Å². The summed E-state index contributed by atoms with van der Waals surface area (Å²) in [4.78, 5) is 15.4. The Balaban J connectivity index is 1.46. The molecule has 1 saturated heterocycles. The molecule has 1 fully saturated rings. The first-order valence-corrected chi connectivity index (χ1v) is 11.2. The fraction of sp³-hybridized carbons (Fsp3) is 0.222. The van der Waals surface area contributed by atoms with E-state index in [-0.39, 0.29) is 18.0 Å². The summed E-state index contributed by atoms with van der Waals surface area (Å²) in [6.07, 6.45) is 3.61. The SMILES string of the molecule is COc1ccccc1C1CCCN1C(=O)c1cn(C(c2ccccc2)c2ccccc2)nn1. The van der Waals surface area contributed by atoms with Gasteiger partial charge in [-0.3, -0.25) is 4.79 Å². The van der Waals surface area contributed by atoms with E-state index in [0.717, 1.165) is 35.3 Å². The van der Waals surface area contributed by atoms with Gasteiger partial charge < -0.3 is 9.64 Å². The molecule has 2 heterocycles. The Morgan fingerprint density at radius 3 is 2.24 bits per heavy atom. The fourth-order valence-corrected chi connectivity index (χ4v) is 4.69. The Morgan fingerprint density at radius 2 is 1.58 bits per heavy atom. The van der Waals surface area contributed by atoms with Crippen molar-refractivity contribution in [3.05, 3.63) is 114 Å². The highest BCUT2D eigenvalue weighted by Crippen LogP contribution is 2.37. The number of methoxy groups -OCH3 is 1. The number of hydrogen-bond acceptors (Lipinski definition) is 4. The predicted octanol–water partition coefficient (Wildman–Crippen LogP) is 4.90. The molecule has 33 heavy (non-hydrogen) atoms. The average Bonchev–Trinajstić information content (AvgIpc) is 3.56. The lowest BCUT2D eigenvalue weighted by Crippen LogP contribution is -2.31. The minimum absolute atomic E-state index is 0.0298. The Bertz CT molecular complexity index is 1180. The number of para-hydroxylation sites is 1. The minimum Gasteiger partial charge on any atom is -0.496 e. The molecule has 0 N–H and O–H groups in total. The van der Waals surface area contributed by atoms with Crippen LogP contribution in [-0.2, 0) is 0 Å². The third-order valence-electron chi connectivity index (χ3n) is 6.24. The maximum Gasteiger partial charge on any atom is 0.276 e. The van der Waals surface area contributed by atoms with Crippen molar-refractivity contribution in [2.75, 3.05) is 13.7 Å². The molecule has 0 radical (unpaired) electrons. The first-order chi connectivity index (χ1) is 16.3. The summed E-state index contributed by atoms with van der Waals surface area (Å²) >= 11 is 0. The van der Waals surface area contributed by atoms with Gasteiger partial charge >= 0.3 is 0 Å². The standard InChI is InChI=1S/C27H26N4O2/c1-33-25-17-9-8-15-22(25)24-16-10-18-30(24)27(32)23-19-31(29-28-23)26(20-11-4-2-5-12-20)21-13-6-3-7-14-21/h2-9,11-15,17,19,24,26H,10,16,18H2,1H3. The van der Waals surface area contributed by atoms with Crippen LogP contribution >= 0.6 is 0 Å². The van der Waals surface area contributed by atoms with Crippen LogP contribution in [0, 0.1) is 0 Å². The number of nitrogens with zero attached hydrogens (tertiary/aromatic N) is 4. The average molecular weight is 439 g/mol. The number of amides is 1. The highest BCUT2D eigenvalue weighted by atomic mass is 16.5. The zero-order chi connectivity index (χ0) is 22.6. The van der Waals surface area contributed by atoms with Crippen molar-refractivity contribution in [1.82, 2.24) is 19.9 Å². The lowest BCUT2D eigenvalue weighted by atomic mass is 9.99. The smallest absolute Gasteiger partial charge is 0.276 e. The van der Waals surface area contributed by atoms with E-state index in [9.17, 15) is 4.79 Å². The molecule has 0 saturated carbocycles. The zero-order valence-electron chi connectivity index (χ0n) is 18.5. The number of ether oxygens (including phenoxy) is 1. The van der Waals surface area contributed by atoms with Crippen molar-refractivity contribution in [3.63, 3.8) is 0 Å². The van der Waals surface area contributed by atoms with Crippen LogP contribution in [0.4, 0.5) is 0 Å². The molecule has 1 aromatic heterocycles. The number of carbonyl (C=O) groups excluding carboxylic acids is 1. The summed E-state index contributed by atoms with van der Waals surface area (Å²) < 4.78 is 7.34. The molecular weight excluding hydrogens is 412 g/mol. The normalized spacial score (nSPS) is 15.7. The van der Waals surface area contributed by atoms with Gasteiger partial charge in [0.25, 0.3) is 5.91 Å². The van der Waals surface area contributed by atoms with Gasteiger partial charge in [-0.1, -0.05) is 84.1 Å². The highest BCUT2D eigenvalue weighted by molar-refractivity contribution is 5.92. The van der Waals surface area contributed by atoms with Gasteiger partial charge in [-0.2, -0.15) is 0 Å². The van der Waals surface area contributed by atoms with E-state index in [2.05, 4.69) is 34.6 Å². The van der Waals surface area contributed by atoms with Crippen molar-refractivity contribution in [3.8, 4) is 5.75 Å². The van der Waals surface area contributed by atoms with Gasteiger partial charge in [-0.05, 0) is 30.0 Å². The summed E-state index contributed by atoms with van der Waals surface area (Å²) in [6.45, 7) is 0.690. The first-order valence-electron chi connectivity index (χ1n) is 11.2. The molecule has 166 valence electrons. The minimum atomic E-state index is -0.162. The molecule has 5 rings (SSSR count). The Labute approximate surface area is 193 Å². The van der Waals surface area contributed by atoms with Gasteiger partial charge in [0.05, 0.1) is 19.3 Å². The van der Waals surface area contributed by atoms with E-state index in [0.29, 0.717) is 12.2 Å². The maximum atomic E-state index is 13.5. The van der Waals surface area contributed by atoms with Crippen LogP contribution in [0.15, 0.2) is 91.1 Å². The molecular formula is C27H26N4O2. The van der Waals surface area contributed by atoms with Crippen molar-refractivity contribution in [2.45, 2.75) is 24.9 Å². The molecule has 0 spiro atoms. The van der Waals surface area contributed by atoms with Gasteiger partial charge in [-0.25, -0.2) is 4.68 Å². The maximum absolute atomic E-state index is 13.5. The monoisotopic (exact) mass is 438 g/mol. The Hall–Kier alpha value is -3.93. The molecule has 0 aliphatic carbocycles. The fourth-order valence-electron chi connectivity index (χ4n) is 4.69. The largest absolute Gasteiger partial charge is 0.496 e. The quantitative estimate of drug-likeness (QED) is 0.430. The number of benzene rings is 3. The van der Waals surface area contributed by atoms with Crippen molar-refractivity contribution >= 4 is 5.91 Å². The lowest BCUT2D eigenvalue weighted by molar-refractivity contribution is 0.0728. The molecule has 1 aliphatic heterocycles. The Kier molecular flexibility index (Phi) is 5.89. The van der Waals surface area contributed by atoms with Gasteiger partial charge in [0.15, 0.2) is 5.69 Å². The summed E-state index contributed by atoms with van der Waals surface area (Å²) in [6, 6.07) is 28.0. The van der Waals surface area contributed by atoms with E-state index in [1.807, 2.05) is 65.6 Å². The molecule has 1 unspecified atom stereocenters. The Morgan fingerprint density at radius 1 is 0.939 bits per heavy atom. The second kappa shape index (κ2) is 9.28. The number of rotatable bonds is 6. The molecule has 1 aliphatic rings. The predicted molar refractivity (Wildman–Crippen MR) is 126 cm³/mol. The molecule has 0 bridgehead atoms. The summed E-state index contributed by atoms with van der Waals surface area (Å²) in [5.41, 5.74) is 3.56. The lowest BCUT2D eigenvalue weighted by Gasteiger charge is -2.25. The highest BCUT2D eigenvalue weighted by Gasteiger charge is 2.34. The van der Waals surface area contributed by atoms with E-state index in [1.165, 1.54) is 0 Å². The molecule has 6 nitrogen and oxygen atoms in total. The van der Waals surface area contributed by atoms with E-state index in [1.54, 1.807) is 18.0 Å². The summed E-state index contributed by atoms with van der Waals surface area (Å²) in [7, 11) is 1.67. The number of hydrogen-bond donors (Lipinski definition) is 0. The second-order valence-electron chi connectivity index (χ2n) is 8.21. The number of aromatic nitrogens is 3. The van der Waals surface area contributed by atoms with Gasteiger partial charge in [0, 0.05) is 12.1 Å². The van der Waals surface area contributed by atoms with Gasteiger partial charge in [0.1, 0.15) is 11.8 Å². The third-order valence-corrected chi connectivity index (χ3v) is 6.24. The van der Waals surface area contributed by atoms with Crippen LogP contribution in [0.5, 0.6) is 5.75 Å². The van der Waals surface area contributed by atoms with Crippen molar-refractivity contribution in [1.29, 1.82) is 0 Å². The summed E-state index contributed by atoms with van der Waals surface area (Å²) in [5, 5.41) is 8.68. The van der Waals surface area contributed by atoms with Crippen LogP contribution in [0.1, 0.15) is 52.1 Å². The van der Waals surface area contributed by atoms with Crippen LogP contribution in [-0.4, -0.2) is 39.5 Å². The third kappa shape index (κ3) is 4.12. The molecule has 1 amide bonds. The van der Waals surface area contributed by atoms with Crippen LogP contribution in [0.2, 0.25) is 0 Å². The van der Waals surface area contributed by atoms with Gasteiger partial charge in [0.2, 0.25) is 0 Å². The number of carbonyl (C=O) groups is 1. The van der Waals surface area contributed by atoms with E-state index in [4.69, 9.17) is 4.74 Å². The molecule has 6 heteroatoms. The van der Waals surface area contributed by atoms with E-state index >= 15 is 0 Å². The van der Waals surface area contributed by atoms with Crippen LogP contribution < -0.4 is 4.74 Å². The number of likely N-dealkylation sites (tertiary alicyclic amines) is 1. The van der Waals surface area contributed by atoms with Crippen LogP contribution in [0.3, 0.4) is 0 Å². The zero-order valence-corrected chi connectivity index (χ0v) is 18.5. The molecule has 4 aromatic rings. The molecule has 3 aromatic carbocycles. The van der Waals surface area contributed by atoms with Crippen molar-refractivity contribution in [2.24, 2.45) is 0 Å². The van der Waals surface area contributed by atoms with Crippen molar-refractivity contribution < 1.29 is 9.53 Å². The van der Waals surface area contributed by atoms with E-state index < -0.39 is 0 Å².